The van der Waals surface area contributed by atoms with Crippen LogP contribution in [0.5, 0.6) is 0 Å². The number of nitrogens with one attached hydrogen (secondary N) is 1. The third kappa shape index (κ3) is 3.30. The third-order valence-electron chi connectivity index (χ3n) is 3.70. The number of aromatic nitrogens is 2. The van der Waals surface area contributed by atoms with Crippen LogP contribution >= 0.6 is 11.3 Å². The molecule has 10 heteroatoms. The van der Waals surface area contributed by atoms with Crippen LogP contribution in [0.25, 0.3) is 4.96 Å². The highest BCUT2D eigenvalue weighted by molar-refractivity contribution is 7.92. The summed E-state index contributed by atoms with van der Waals surface area (Å²) in [6.45, 7) is 5.36. The number of benzene rings is 1. The smallest absolute Gasteiger partial charge is 0.279 e. The third-order valence-corrected chi connectivity index (χ3v) is 6.00. The Kier molecular flexibility index (Phi) is 4.51. The number of rotatable bonds is 4. The number of para-hydroxylation sites is 1. The van der Waals surface area contributed by atoms with E-state index < -0.39 is 27.5 Å². The maximum absolute atomic E-state index is 13.2. The first kappa shape index (κ1) is 18.7. The van der Waals surface area contributed by atoms with Gasteiger partial charge in [-0.2, -0.15) is 21.6 Å². The van der Waals surface area contributed by atoms with Crippen molar-refractivity contribution in [3.8, 4) is 0 Å². The molecule has 0 spiro atoms. The van der Waals surface area contributed by atoms with E-state index in [0.717, 1.165) is 17.0 Å². The van der Waals surface area contributed by atoms with Gasteiger partial charge in [-0.1, -0.05) is 26.0 Å². The molecule has 0 bridgehead atoms. The molecule has 0 fully saturated rings. The van der Waals surface area contributed by atoms with Gasteiger partial charge in [0.15, 0.2) is 9.99 Å². The van der Waals surface area contributed by atoms with Crippen molar-refractivity contribution in [2.45, 2.75) is 37.9 Å². The van der Waals surface area contributed by atoms with Crippen LogP contribution in [0.2, 0.25) is 0 Å². The number of hydrogen-bond donors (Lipinski definition) is 1. The average molecular weight is 403 g/mol. The molecule has 1 aromatic carbocycles. The molecule has 0 aliphatic carbocycles. The Bertz CT molecular complexity index is 1070. The van der Waals surface area contributed by atoms with Crippen molar-refractivity contribution in [3.05, 3.63) is 46.6 Å². The summed E-state index contributed by atoms with van der Waals surface area (Å²) in [5.74, 6) is -0.216. The van der Waals surface area contributed by atoms with Crippen LogP contribution in [0, 0.1) is 6.92 Å². The Hall–Kier alpha value is -2.07. The fraction of sp³-hybridized carbons (Fsp3) is 0.312. The predicted molar refractivity (Wildman–Crippen MR) is 94.1 cm³/mol. The number of halogens is 3. The van der Waals surface area contributed by atoms with Crippen molar-refractivity contribution >= 4 is 32.0 Å². The molecule has 3 aromatic rings. The number of aryl methyl sites for hydroxylation is 1. The SMILES string of the molecule is Cc1cn2c(S(=O)(=O)Nc3ccccc3C(F)(F)F)c(C(C)C)nc2s1. The number of nitrogens with zero attached hydrogens (tertiary/aromatic N) is 2. The summed E-state index contributed by atoms with van der Waals surface area (Å²) in [5, 5.41) is -0.135. The van der Waals surface area contributed by atoms with E-state index in [9.17, 15) is 21.6 Å². The molecule has 26 heavy (non-hydrogen) atoms. The number of hydrogen-bond acceptors (Lipinski definition) is 4. The Labute approximate surface area is 152 Å². The molecular weight excluding hydrogens is 387 g/mol. The second-order valence-corrected chi connectivity index (χ2v) is 8.91. The lowest BCUT2D eigenvalue weighted by Crippen LogP contribution is -2.20. The van der Waals surface area contributed by atoms with Crippen molar-refractivity contribution in [3.63, 3.8) is 0 Å². The first-order valence-electron chi connectivity index (χ1n) is 7.68. The lowest BCUT2D eigenvalue weighted by molar-refractivity contribution is -0.136. The normalized spacial score (nSPS) is 12.9. The summed E-state index contributed by atoms with van der Waals surface area (Å²) in [4.78, 5) is 5.68. The van der Waals surface area contributed by atoms with E-state index in [1.165, 1.54) is 27.9 Å². The molecule has 1 N–H and O–H groups in total. The lowest BCUT2D eigenvalue weighted by atomic mass is 10.2. The van der Waals surface area contributed by atoms with Gasteiger partial charge in [-0.3, -0.25) is 9.12 Å². The molecule has 2 aromatic heterocycles. The van der Waals surface area contributed by atoms with Crippen molar-refractivity contribution in [1.29, 1.82) is 0 Å². The van der Waals surface area contributed by atoms with Crippen LogP contribution in [0.4, 0.5) is 18.9 Å². The van der Waals surface area contributed by atoms with E-state index in [-0.39, 0.29) is 10.9 Å². The summed E-state index contributed by atoms with van der Waals surface area (Å²) in [6, 6.07) is 4.48. The highest BCUT2D eigenvalue weighted by atomic mass is 32.2. The molecule has 140 valence electrons. The molecule has 2 heterocycles. The number of alkyl halides is 3. The van der Waals surface area contributed by atoms with E-state index in [1.807, 2.05) is 0 Å². The van der Waals surface area contributed by atoms with Gasteiger partial charge in [-0.15, -0.1) is 11.3 Å². The second-order valence-electron chi connectivity index (χ2n) is 6.10. The average Bonchev–Trinajstić information content (AvgIpc) is 3.01. The predicted octanol–water partition coefficient (Wildman–Crippen LogP) is 4.65. The van der Waals surface area contributed by atoms with Crippen molar-refractivity contribution in [2.75, 3.05) is 4.72 Å². The van der Waals surface area contributed by atoms with Gasteiger partial charge in [-0.25, -0.2) is 4.98 Å². The minimum absolute atomic E-state index is 0.135. The summed E-state index contributed by atoms with van der Waals surface area (Å²) < 4.78 is 68.9. The maximum Gasteiger partial charge on any atom is 0.418 e. The summed E-state index contributed by atoms with van der Waals surface area (Å²) >= 11 is 1.31. The summed E-state index contributed by atoms with van der Waals surface area (Å²) in [7, 11) is -4.28. The van der Waals surface area contributed by atoms with Gasteiger partial charge in [0, 0.05) is 11.1 Å². The zero-order valence-corrected chi connectivity index (χ0v) is 15.8. The number of thiazole rings is 1. The van der Waals surface area contributed by atoms with Crippen molar-refractivity contribution < 1.29 is 21.6 Å². The van der Waals surface area contributed by atoms with E-state index in [0.29, 0.717) is 10.7 Å². The van der Waals surface area contributed by atoms with Gasteiger partial charge < -0.3 is 0 Å². The largest absolute Gasteiger partial charge is 0.418 e. The summed E-state index contributed by atoms with van der Waals surface area (Å²) in [6.07, 6.45) is -3.06. The highest BCUT2D eigenvalue weighted by Crippen LogP contribution is 2.36. The lowest BCUT2D eigenvalue weighted by Gasteiger charge is -2.15. The van der Waals surface area contributed by atoms with Gasteiger partial charge in [-0.05, 0) is 25.0 Å². The van der Waals surface area contributed by atoms with Crippen molar-refractivity contribution in [1.82, 2.24) is 9.38 Å². The van der Waals surface area contributed by atoms with Crippen LogP contribution in [0.15, 0.2) is 35.5 Å². The Morgan fingerprint density at radius 1 is 1.23 bits per heavy atom. The number of sulfonamides is 1. The maximum atomic E-state index is 13.2. The quantitative estimate of drug-likeness (QED) is 0.690. The van der Waals surface area contributed by atoms with Gasteiger partial charge in [0.2, 0.25) is 0 Å². The molecule has 0 saturated carbocycles. The standard InChI is InChI=1S/C16H16F3N3O2S2/c1-9(2)13-14(22-8-10(3)25-15(22)20-13)26(23,24)21-12-7-5-4-6-11(12)16(17,18)19/h4-9,21H,1-3H3. The number of imidazole rings is 1. The molecular formula is C16H16F3N3O2S2. The van der Waals surface area contributed by atoms with Gasteiger partial charge >= 0.3 is 6.18 Å². The van der Waals surface area contributed by atoms with E-state index in [2.05, 4.69) is 9.71 Å². The minimum atomic E-state index is -4.67. The molecule has 5 nitrogen and oxygen atoms in total. The molecule has 0 radical (unpaired) electrons. The molecule has 0 atom stereocenters. The fourth-order valence-electron chi connectivity index (χ4n) is 2.61. The Balaban J connectivity index is 2.16. The van der Waals surface area contributed by atoms with E-state index >= 15 is 0 Å². The van der Waals surface area contributed by atoms with Gasteiger partial charge in [0.05, 0.1) is 16.9 Å². The second kappa shape index (κ2) is 6.27. The van der Waals surface area contributed by atoms with Crippen molar-refractivity contribution in [2.24, 2.45) is 0 Å². The van der Waals surface area contributed by atoms with E-state index in [4.69, 9.17) is 0 Å². The topological polar surface area (TPSA) is 63.5 Å². The minimum Gasteiger partial charge on any atom is -0.279 e. The monoisotopic (exact) mass is 403 g/mol. The van der Waals surface area contributed by atoms with Crippen LogP contribution in [0.3, 0.4) is 0 Å². The molecule has 0 unspecified atom stereocenters. The van der Waals surface area contributed by atoms with Crippen LogP contribution in [0.1, 0.15) is 35.9 Å². The zero-order chi connectivity index (χ0) is 19.3. The fourth-order valence-corrected chi connectivity index (χ4v) is 5.02. The first-order chi connectivity index (χ1) is 12.0. The molecule has 3 rings (SSSR count). The van der Waals surface area contributed by atoms with Gasteiger partial charge in [0.25, 0.3) is 10.0 Å². The molecule has 0 aliphatic heterocycles. The van der Waals surface area contributed by atoms with Crippen LogP contribution in [-0.2, 0) is 16.2 Å². The molecule has 0 aliphatic rings. The Morgan fingerprint density at radius 3 is 2.50 bits per heavy atom. The molecule has 0 amide bonds. The summed E-state index contributed by atoms with van der Waals surface area (Å²) in [5.41, 5.74) is -1.25. The molecule has 0 saturated heterocycles. The number of anilines is 1. The van der Waals surface area contributed by atoms with Gasteiger partial charge in [0.1, 0.15) is 0 Å². The first-order valence-corrected chi connectivity index (χ1v) is 9.98. The van der Waals surface area contributed by atoms with E-state index in [1.54, 1.807) is 27.0 Å². The zero-order valence-electron chi connectivity index (χ0n) is 14.1. The Morgan fingerprint density at radius 2 is 1.88 bits per heavy atom. The highest BCUT2D eigenvalue weighted by Gasteiger charge is 2.35. The number of fused-ring (bicyclic) bond motifs is 1. The van der Waals surface area contributed by atoms with Crippen LogP contribution in [-0.4, -0.2) is 17.8 Å². The van der Waals surface area contributed by atoms with Crippen LogP contribution < -0.4 is 4.72 Å².